The van der Waals surface area contributed by atoms with Crippen LogP contribution in [-0.2, 0) is 14.3 Å². The summed E-state index contributed by atoms with van der Waals surface area (Å²) in [6, 6.07) is 21.3. The molecule has 6 nitrogen and oxygen atoms in total. The third kappa shape index (κ3) is 4.40. The van der Waals surface area contributed by atoms with Crippen molar-refractivity contribution in [2.45, 2.75) is 38.1 Å². The van der Waals surface area contributed by atoms with Gasteiger partial charge in [0.05, 0.1) is 6.04 Å². The lowest BCUT2D eigenvalue weighted by Gasteiger charge is -2.51. The first kappa shape index (κ1) is 20.6. The van der Waals surface area contributed by atoms with Gasteiger partial charge in [-0.1, -0.05) is 67.6 Å². The second-order valence-electron chi connectivity index (χ2n) is 7.95. The number of esters is 1. The zero-order valence-electron chi connectivity index (χ0n) is 17.4. The van der Waals surface area contributed by atoms with Gasteiger partial charge in [-0.3, -0.25) is 19.4 Å². The Morgan fingerprint density at radius 2 is 1.67 bits per heavy atom. The second-order valence-corrected chi connectivity index (χ2v) is 7.95. The zero-order valence-corrected chi connectivity index (χ0v) is 17.4. The van der Waals surface area contributed by atoms with Crippen molar-refractivity contribution in [3.63, 3.8) is 0 Å². The van der Waals surface area contributed by atoms with Gasteiger partial charge >= 0.3 is 5.97 Å². The van der Waals surface area contributed by atoms with Crippen LogP contribution < -0.4 is 5.32 Å². The van der Waals surface area contributed by atoms with E-state index in [1.54, 1.807) is 0 Å². The molecule has 4 rings (SSSR count). The fraction of sp³-hybridized carbons (Fsp3) is 0.417. The topological polar surface area (TPSA) is 61.9 Å². The van der Waals surface area contributed by atoms with Crippen molar-refractivity contribution >= 4 is 11.9 Å². The van der Waals surface area contributed by atoms with Gasteiger partial charge in [-0.05, 0) is 17.5 Å². The number of hydrogen-bond acceptors (Lipinski definition) is 5. The predicted octanol–water partition coefficient (Wildman–Crippen LogP) is 2.56. The average Bonchev–Trinajstić information content (AvgIpc) is 2.73. The molecule has 158 valence electrons. The van der Waals surface area contributed by atoms with E-state index in [-0.39, 0.29) is 24.0 Å². The average molecular weight is 408 g/mol. The molecule has 2 aromatic rings. The van der Waals surface area contributed by atoms with Gasteiger partial charge in [0.15, 0.2) is 0 Å². The number of likely N-dealkylation sites (tertiary alicyclic amines) is 1. The first-order valence-electron chi connectivity index (χ1n) is 10.7. The summed E-state index contributed by atoms with van der Waals surface area (Å²) in [5.41, 5.74) is 2.51. The van der Waals surface area contributed by atoms with Crippen LogP contribution in [0.2, 0.25) is 0 Å². The summed E-state index contributed by atoms with van der Waals surface area (Å²) in [7, 11) is 0. The Labute approximate surface area is 177 Å². The molecule has 1 atom stereocenters. The highest BCUT2D eigenvalue weighted by atomic mass is 16.6. The molecular formula is C24H29N3O3. The molecular weight excluding hydrogens is 378 g/mol. The molecule has 0 saturated carbocycles. The maximum Gasteiger partial charge on any atom is 0.307 e. The summed E-state index contributed by atoms with van der Waals surface area (Å²) < 4.78 is 5.53. The smallest absolute Gasteiger partial charge is 0.307 e. The van der Waals surface area contributed by atoms with E-state index in [2.05, 4.69) is 63.6 Å². The van der Waals surface area contributed by atoms with E-state index in [1.807, 2.05) is 19.1 Å². The molecule has 2 aliphatic heterocycles. The van der Waals surface area contributed by atoms with Crippen LogP contribution in [-0.4, -0.2) is 60.1 Å². The molecule has 0 bridgehead atoms. The van der Waals surface area contributed by atoms with Crippen molar-refractivity contribution < 1.29 is 14.3 Å². The number of carbonyl (C=O) groups is 2. The molecule has 1 unspecified atom stereocenters. The van der Waals surface area contributed by atoms with Crippen LogP contribution in [0.15, 0.2) is 60.7 Å². The Kier molecular flexibility index (Phi) is 6.45. The van der Waals surface area contributed by atoms with Crippen LogP contribution in [0.25, 0.3) is 0 Å². The Morgan fingerprint density at radius 3 is 2.23 bits per heavy atom. The Morgan fingerprint density at radius 1 is 1.07 bits per heavy atom. The number of rotatable bonds is 7. The van der Waals surface area contributed by atoms with Crippen LogP contribution in [0, 0.1) is 0 Å². The van der Waals surface area contributed by atoms with E-state index in [0.29, 0.717) is 25.9 Å². The largest absolute Gasteiger partial charge is 0.437 e. The molecule has 1 amide bonds. The van der Waals surface area contributed by atoms with Gasteiger partial charge in [0.2, 0.25) is 6.23 Å². The number of amides is 1. The molecule has 2 fully saturated rings. The number of nitrogens with zero attached hydrogens (tertiary/aromatic N) is 2. The summed E-state index contributed by atoms with van der Waals surface area (Å²) in [6.45, 7) is 4.85. The highest BCUT2D eigenvalue weighted by Gasteiger charge is 2.44. The number of hydrogen-bond donors (Lipinski definition) is 1. The number of nitrogens with one attached hydrogen (secondary N) is 1. The summed E-state index contributed by atoms with van der Waals surface area (Å²) in [4.78, 5) is 28.9. The van der Waals surface area contributed by atoms with Gasteiger partial charge in [0.1, 0.15) is 0 Å². The highest BCUT2D eigenvalue weighted by Crippen LogP contribution is 2.34. The van der Waals surface area contributed by atoms with Crippen molar-refractivity contribution in [2.24, 2.45) is 0 Å². The van der Waals surface area contributed by atoms with Gasteiger partial charge in [0, 0.05) is 38.6 Å². The van der Waals surface area contributed by atoms with Gasteiger partial charge < -0.3 is 10.1 Å². The third-order valence-electron chi connectivity index (χ3n) is 5.85. The summed E-state index contributed by atoms with van der Waals surface area (Å²) >= 11 is 0. The van der Waals surface area contributed by atoms with Gasteiger partial charge in [0.25, 0.3) is 5.91 Å². The molecule has 2 saturated heterocycles. The molecule has 2 aliphatic rings. The van der Waals surface area contributed by atoms with E-state index in [9.17, 15) is 9.59 Å². The Hall–Kier alpha value is -2.70. The van der Waals surface area contributed by atoms with Crippen molar-refractivity contribution in [3.05, 3.63) is 71.8 Å². The summed E-state index contributed by atoms with van der Waals surface area (Å²) in [6.07, 6.45) is 0.218. The molecule has 0 radical (unpaired) electrons. The number of benzene rings is 2. The van der Waals surface area contributed by atoms with Crippen molar-refractivity contribution in [1.82, 2.24) is 15.1 Å². The van der Waals surface area contributed by atoms with Gasteiger partial charge in [-0.2, -0.15) is 0 Å². The second kappa shape index (κ2) is 9.41. The summed E-state index contributed by atoms with van der Waals surface area (Å²) in [5.74, 6) is -0.529. The van der Waals surface area contributed by atoms with Crippen LogP contribution in [0.4, 0.5) is 0 Å². The van der Waals surface area contributed by atoms with E-state index in [4.69, 9.17) is 4.74 Å². The SMILES string of the molecule is CCCC(=O)OC1C(=O)NCCN1C1CN(C(c2ccccc2)c2ccccc2)C1. The molecule has 0 spiro atoms. The zero-order chi connectivity index (χ0) is 20.9. The van der Waals surface area contributed by atoms with Crippen LogP contribution >= 0.6 is 0 Å². The first-order chi connectivity index (χ1) is 14.7. The monoisotopic (exact) mass is 407 g/mol. The fourth-order valence-corrected chi connectivity index (χ4v) is 4.34. The lowest BCUT2D eigenvalue weighted by Crippen LogP contribution is -2.68. The maximum atomic E-state index is 12.4. The minimum atomic E-state index is -0.822. The summed E-state index contributed by atoms with van der Waals surface area (Å²) in [5, 5.41) is 2.83. The molecule has 1 N–H and O–H groups in total. The molecule has 30 heavy (non-hydrogen) atoms. The minimum Gasteiger partial charge on any atom is -0.437 e. The third-order valence-corrected chi connectivity index (χ3v) is 5.85. The van der Waals surface area contributed by atoms with E-state index >= 15 is 0 Å². The van der Waals surface area contributed by atoms with Crippen LogP contribution in [0.5, 0.6) is 0 Å². The van der Waals surface area contributed by atoms with Gasteiger partial charge in [-0.25, -0.2) is 0 Å². The standard InChI is InChI=1S/C24H29N3O3/c1-2-9-21(28)30-24-23(29)25-14-15-27(24)20-16-26(17-20)22(18-10-5-3-6-11-18)19-12-7-4-8-13-19/h3-8,10-13,20,22,24H,2,9,14-17H2,1H3,(H,25,29). The minimum absolute atomic E-state index is 0.170. The van der Waals surface area contributed by atoms with E-state index in [0.717, 1.165) is 13.1 Å². The Bertz CT molecular complexity index is 813. The van der Waals surface area contributed by atoms with Gasteiger partial charge in [-0.15, -0.1) is 0 Å². The molecule has 0 aliphatic carbocycles. The lowest BCUT2D eigenvalue weighted by molar-refractivity contribution is -0.179. The molecule has 2 aromatic carbocycles. The van der Waals surface area contributed by atoms with Crippen LogP contribution in [0.3, 0.4) is 0 Å². The lowest BCUT2D eigenvalue weighted by atomic mass is 9.92. The van der Waals surface area contributed by atoms with Crippen molar-refractivity contribution in [1.29, 1.82) is 0 Å². The maximum absolute atomic E-state index is 12.4. The van der Waals surface area contributed by atoms with Crippen LogP contribution in [0.1, 0.15) is 36.9 Å². The highest BCUT2D eigenvalue weighted by molar-refractivity contribution is 5.84. The molecule has 0 aromatic heterocycles. The van der Waals surface area contributed by atoms with Crippen molar-refractivity contribution in [2.75, 3.05) is 26.2 Å². The Balaban J connectivity index is 1.48. The normalized spacial score (nSPS) is 20.6. The number of ether oxygens (including phenoxy) is 1. The number of carbonyl (C=O) groups excluding carboxylic acids is 2. The fourth-order valence-electron chi connectivity index (χ4n) is 4.34. The first-order valence-corrected chi connectivity index (χ1v) is 10.7. The van der Waals surface area contributed by atoms with Crippen molar-refractivity contribution in [3.8, 4) is 0 Å². The van der Waals surface area contributed by atoms with E-state index < -0.39 is 6.23 Å². The number of piperazine rings is 1. The molecule has 6 heteroatoms. The predicted molar refractivity (Wildman–Crippen MR) is 115 cm³/mol. The van der Waals surface area contributed by atoms with E-state index in [1.165, 1.54) is 11.1 Å². The molecule has 2 heterocycles. The quantitative estimate of drug-likeness (QED) is 0.715.